The van der Waals surface area contributed by atoms with Crippen LogP contribution >= 0.6 is 27.7 Å². The van der Waals surface area contributed by atoms with E-state index in [0.717, 1.165) is 27.4 Å². The molecule has 0 aliphatic carbocycles. The highest BCUT2D eigenvalue weighted by atomic mass is 79.9. The maximum atomic E-state index is 13.6. The predicted molar refractivity (Wildman–Crippen MR) is 77.4 cm³/mol. The first-order valence-corrected chi connectivity index (χ1v) is 7.32. The van der Waals surface area contributed by atoms with E-state index in [1.165, 1.54) is 23.9 Å². The average Bonchev–Trinajstić information content (AvgIpc) is 2.36. The van der Waals surface area contributed by atoms with Crippen molar-refractivity contribution in [3.63, 3.8) is 0 Å². The SMILES string of the molecule is NCCc1ccc(Sc2ccc(F)cc2F)c(Br)c1. The summed E-state index contributed by atoms with van der Waals surface area (Å²) in [5.41, 5.74) is 6.62. The van der Waals surface area contributed by atoms with E-state index in [1.54, 1.807) is 0 Å². The summed E-state index contributed by atoms with van der Waals surface area (Å²) < 4.78 is 27.3. The molecule has 0 saturated heterocycles. The van der Waals surface area contributed by atoms with E-state index in [0.29, 0.717) is 11.4 Å². The van der Waals surface area contributed by atoms with Gasteiger partial charge in [-0.1, -0.05) is 17.8 Å². The fourth-order valence-corrected chi connectivity index (χ4v) is 3.12. The Bertz CT molecular complexity index is 590. The van der Waals surface area contributed by atoms with E-state index < -0.39 is 11.6 Å². The molecule has 0 aromatic heterocycles. The molecule has 0 heterocycles. The van der Waals surface area contributed by atoms with Crippen LogP contribution in [-0.2, 0) is 6.42 Å². The molecule has 0 amide bonds. The first-order chi connectivity index (χ1) is 9.10. The lowest BCUT2D eigenvalue weighted by atomic mass is 10.2. The van der Waals surface area contributed by atoms with Gasteiger partial charge in [0.15, 0.2) is 0 Å². The average molecular weight is 344 g/mol. The number of rotatable bonds is 4. The molecule has 0 radical (unpaired) electrons. The number of halogens is 3. The van der Waals surface area contributed by atoms with Crippen molar-refractivity contribution < 1.29 is 8.78 Å². The third kappa shape index (κ3) is 3.78. The Labute approximate surface area is 123 Å². The summed E-state index contributed by atoms with van der Waals surface area (Å²) in [6.07, 6.45) is 0.800. The Balaban J connectivity index is 2.23. The summed E-state index contributed by atoms with van der Waals surface area (Å²) >= 11 is 4.71. The van der Waals surface area contributed by atoms with Crippen molar-refractivity contribution in [2.45, 2.75) is 16.2 Å². The quantitative estimate of drug-likeness (QED) is 0.891. The highest BCUT2D eigenvalue weighted by Gasteiger charge is 2.08. The van der Waals surface area contributed by atoms with Crippen molar-refractivity contribution in [2.75, 3.05) is 6.54 Å². The normalized spacial score (nSPS) is 10.7. The molecule has 0 spiro atoms. The molecule has 0 bridgehead atoms. The molecule has 5 heteroatoms. The summed E-state index contributed by atoms with van der Waals surface area (Å²) in [6, 6.07) is 9.41. The zero-order valence-corrected chi connectivity index (χ0v) is 12.4. The topological polar surface area (TPSA) is 26.0 Å². The number of hydrogen-bond acceptors (Lipinski definition) is 2. The van der Waals surface area contributed by atoms with E-state index >= 15 is 0 Å². The zero-order valence-electron chi connectivity index (χ0n) is 10.00. The third-order valence-corrected chi connectivity index (χ3v) is 4.59. The Morgan fingerprint density at radius 1 is 1.05 bits per heavy atom. The second-order valence-electron chi connectivity index (χ2n) is 3.98. The van der Waals surface area contributed by atoms with Crippen molar-refractivity contribution >= 4 is 27.7 Å². The summed E-state index contributed by atoms with van der Waals surface area (Å²) in [6.45, 7) is 0.589. The van der Waals surface area contributed by atoms with Crippen molar-refractivity contribution in [2.24, 2.45) is 5.73 Å². The van der Waals surface area contributed by atoms with Gasteiger partial charge >= 0.3 is 0 Å². The predicted octanol–water partition coefficient (Wildman–Crippen LogP) is 4.38. The summed E-state index contributed by atoms with van der Waals surface area (Å²) in [4.78, 5) is 1.28. The second kappa shape index (κ2) is 6.50. The summed E-state index contributed by atoms with van der Waals surface area (Å²) in [5, 5.41) is 0. The van der Waals surface area contributed by atoms with Gasteiger partial charge in [0, 0.05) is 20.3 Å². The minimum Gasteiger partial charge on any atom is -0.330 e. The fraction of sp³-hybridized carbons (Fsp3) is 0.143. The highest BCUT2D eigenvalue weighted by Crippen LogP contribution is 2.35. The van der Waals surface area contributed by atoms with Gasteiger partial charge < -0.3 is 5.73 Å². The molecule has 2 aromatic carbocycles. The van der Waals surface area contributed by atoms with E-state index in [1.807, 2.05) is 18.2 Å². The van der Waals surface area contributed by atoms with Crippen LogP contribution in [0.15, 0.2) is 50.7 Å². The van der Waals surface area contributed by atoms with Crippen LogP contribution in [0.1, 0.15) is 5.56 Å². The molecular formula is C14H12BrF2NS. The van der Waals surface area contributed by atoms with Crippen LogP contribution in [0.5, 0.6) is 0 Å². The van der Waals surface area contributed by atoms with Crippen LogP contribution in [0.25, 0.3) is 0 Å². The van der Waals surface area contributed by atoms with Crippen LogP contribution < -0.4 is 5.73 Å². The summed E-state index contributed by atoms with van der Waals surface area (Å²) in [7, 11) is 0. The molecule has 0 aliphatic heterocycles. The lowest BCUT2D eigenvalue weighted by Gasteiger charge is -2.07. The molecule has 0 atom stereocenters. The van der Waals surface area contributed by atoms with E-state index in [4.69, 9.17) is 5.73 Å². The lowest BCUT2D eigenvalue weighted by molar-refractivity contribution is 0.565. The van der Waals surface area contributed by atoms with Crippen LogP contribution in [0.3, 0.4) is 0 Å². The van der Waals surface area contributed by atoms with Gasteiger partial charge in [-0.05, 0) is 58.7 Å². The molecular weight excluding hydrogens is 332 g/mol. The smallest absolute Gasteiger partial charge is 0.140 e. The second-order valence-corrected chi connectivity index (χ2v) is 5.92. The lowest BCUT2D eigenvalue weighted by Crippen LogP contribution is -2.02. The van der Waals surface area contributed by atoms with Crippen LogP contribution in [0.4, 0.5) is 8.78 Å². The largest absolute Gasteiger partial charge is 0.330 e. The van der Waals surface area contributed by atoms with Crippen molar-refractivity contribution in [1.82, 2.24) is 0 Å². The minimum atomic E-state index is -0.570. The first kappa shape index (κ1) is 14.5. The molecule has 0 fully saturated rings. The van der Waals surface area contributed by atoms with Crippen LogP contribution in [-0.4, -0.2) is 6.54 Å². The number of nitrogens with two attached hydrogens (primary N) is 1. The highest BCUT2D eigenvalue weighted by molar-refractivity contribution is 9.10. The maximum absolute atomic E-state index is 13.6. The zero-order chi connectivity index (χ0) is 13.8. The molecule has 19 heavy (non-hydrogen) atoms. The van der Waals surface area contributed by atoms with Gasteiger partial charge in [-0.15, -0.1) is 0 Å². The van der Waals surface area contributed by atoms with Gasteiger partial charge in [0.1, 0.15) is 11.6 Å². The molecule has 2 aromatic rings. The van der Waals surface area contributed by atoms with Gasteiger partial charge in [0.2, 0.25) is 0 Å². The Morgan fingerprint density at radius 3 is 2.42 bits per heavy atom. The Kier molecular flexibility index (Phi) is 4.96. The Morgan fingerprint density at radius 2 is 1.79 bits per heavy atom. The standard InChI is InChI=1S/C14H12BrF2NS/c15-11-7-9(5-6-18)1-3-13(11)19-14-4-2-10(16)8-12(14)17/h1-4,7-8H,5-6,18H2. The molecule has 100 valence electrons. The fourth-order valence-electron chi connectivity index (χ4n) is 1.63. The number of hydrogen-bond donors (Lipinski definition) is 1. The van der Waals surface area contributed by atoms with E-state index in [-0.39, 0.29) is 0 Å². The van der Waals surface area contributed by atoms with Gasteiger partial charge in [-0.3, -0.25) is 0 Å². The van der Waals surface area contributed by atoms with E-state index in [9.17, 15) is 8.78 Å². The number of benzene rings is 2. The summed E-state index contributed by atoms with van der Waals surface area (Å²) in [5.74, 6) is -1.12. The van der Waals surface area contributed by atoms with Gasteiger partial charge in [-0.25, -0.2) is 8.78 Å². The molecule has 0 aliphatic rings. The van der Waals surface area contributed by atoms with Gasteiger partial charge in [0.25, 0.3) is 0 Å². The van der Waals surface area contributed by atoms with Crippen LogP contribution in [0.2, 0.25) is 0 Å². The van der Waals surface area contributed by atoms with Crippen LogP contribution in [0, 0.1) is 11.6 Å². The van der Waals surface area contributed by atoms with Crippen molar-refractivity contribution in [3.8, 4) is 0 Å². The maximum Gasteiger partial charge on any atom is 0.140 e. The minimum absolute atomic E-state index is 0.397. The Hall–Kier alpha value is -0.910. The first-order valence-electron chi connectivity index (χ1n) is 5.71. The van der Waals surface area contributed by atoms with Crippen molar-refractivity contribution in [3.05, 3.63) is 58.1 Å². The van der Waals surface area contributed by atoms with E-state index in [2.05, 4.69) is 15.9 Å². The van der Waals surface area contributed by atoms with Crippen molar-refractivity contribution in [1.29, 1.82) is 0 Å². The molecule has 2 N–H and O–H groups in total. The molecule has 0 saturated carbocycles. The molecule has 2 rings (SSSR count). The van der Waals surface area contributed by atoms with Gasteiger partial charge in [-0.2, -0.15) is 0 Å². The molecule has 1 nitrogen and oxygen atoms in total. The third-order valence-electron chi connectivity index (χ3n) is 2.54. The monoisotopic (exact) mass is 343 g/mol. The van der Waals surface area contributed by atoms with Gasteiger partial charge in [0.05, 0.1) is 0 Å². The molecule has 0 unspecified atom stereocenters.